The smallest absolute Gasteiger partial charge is 0.165 e. The van der Waals surface area contributed by atoms with Crippen LogP contribution < -0.4 is 0 Å². The molecule has 0 aromatic carbocycles. The molecule has 0 unspecified atom stereocenters. The van der Waals surface area contributed by atoms with Crippen molar-refractivity contribution in [1.82, 2.24) is 19.7 Å². The number of aromatic nitrogens is 4. The topological polar surface area (TPSA) is 43.6 Å². The Morgan fingerprint density at radius 2 is 2.27 bits per heavy atom. The van der Waals surface area contributed by atoms with Gasteiger partial charge in [-0.05, 0) is 12.5 Å². The van der Waals surface area contributed by atoms with Crippen LogP contribution in [0.2, 0.25) is 0 Å². The highest BCUT2D eigenvalue weighted by Gasteiger charge is 2.07. The lowest BCUT2D eigenvalue weighted by Gasteiger charge is -2.03. The molecule has 4 nitrogen and oxygen atoms in total. The average Bonchev–Trinajstić information content (AvgIpc) is 2.66. The second-order valence-corrected chi connectivity index (χ2v) is 3.24. The lowest BCUT2D eigenvalue weighted by molar-refractivity contribution is 0.621. The Kier molecular flexibility index (Phi) is 2.71. The molecule has 0 aliphatic heterocycles. The number of hydrogen-bond acceptors (Lipinski definition) is 3. The van der Waals surface area contributed by atoms with Gasteiger partial charge in [0.1, 0.15) is 12.1 Å². The van der Waals surface area contributed by atoms with Crippen LogP contribution in [-0.2, 0) is 6.54 Å². The predicted molar refractivity (Wildman–Crippen MR) is 53.5 cm³/mol. The van der Waals surface area contributed by atoms with Crippen LogP contribution in [0.4, 0.5) is 4.39 Å². The molecule has 2 aromatic heterocycles. The van der Waals surface area contributed by atoms with Gasteiger partial charge < -0.3 is 4.57 Å². The van der Waals surface area contributed by atoms with Gasteiger partial charge in [0, 0.05) is 18.3 Å². The molecule has 0 bridgehead atoms. The molecule has 0 amide bonds. The van der Waals surface area contributed by atoms with Crippen molar-refractivity contribution in [1.29, 1.82) is 0 Å². The summed E-state index contributed by atoms with van der Waals surface area (Å²) in [4.78, 5) is 3.79. The highest BCUT2D eigenvalue weighted by atomic mass is 19.1. The van der Waals surface area contributed by atoms with E-state index in [0.29, 0.717) is 11.4 Å². The third-order valence-corrected chi connectivity index (χ3v) is 2.04. The summed E-state index contributed by atoms with van der Waals surface area (Å²) in [5, 5.41) is 7.76. The molecule has 0 radical (unpaired) electrons. The summed E-state index contributed by atoms with van der Waals surface area (Å²) in [7, 11) is 0. The molecule has 0 aliphatic rings. The normalized spacial score (nSPS) is 10.5. The van der Waals surface area contributed by atoms with Crippen molar-refractivity contribution in [3.63, 3.8) is 0 Å². The average molecular weight is 206 g/mol. The molecule has 0 spiro atoms. The van der Waals surface area contributed by atoms with Crippen LogP contribution >= 0.6 is 0 Å². The summed E-state index contributed by atoms with van der Waals surface area (Å²) < 4.78 is 14.8. The van der Waals surface area contributed by atoms with Crippen molar-refractivity contribution < 1.29 is 4.39 Å². The van der Waals surface area contributed by atoms with Crippen LogP contribution in [0.15, 0.2) is 24.8 Å². The van der Waals surface area contributed by atoms with Crippen molar-refractivity contribution in [2.45, 2.75) is 19.9 Å². The number of hydrogen-bond donors (Lipinski definition) is 0. The van der Waals surface area contributed by atoms with E-state index in [4.69, 9.17) is 0 Å². The van der Waals surface area contributed by atoms with Gasteiger partial charge >= 0.3 is 0 Å². The van der Waals surface area contributed by atoms with E-state index in [1.807, 2.05) is 4.57 Å². The summed E-state index contributed by atoms with van der Waals surface area (Å²) >= 11 is 0. The van der Waals surface area contributed by atoms with Gasteiger partial charge in [0.25, 0.3) is 0 Å². The van der Waals surface area contributed by atoms with Crippen molar-refractivity contribution in [2.24, 2.45) is 0 Å². The van der Waals surface area contributed by atoms with Crippen LogP contribution in [0.5, 0.6) is 0 Å². The Bertz CT molecular complexity index is 452. The molecule has 78 valence electrons. The minimum atomic E-state index is -0.362. The lowest BCUT2D eigenvalue weighted by atomic mass is 10.2. The second kappa shape index (κ2) is 4.16. The highest BCUT2D eigenvalue weighted by molar-refractivity contribution is 5.53. The van der Waals surface area contributed by atoms with Gasteiger partial charge in [-0.3, -0.25) is 4.98 Å². The van der Waals surface area contributed by atoms with Gasteiger partial charge in [-0.25, -0.2) is 4.39 Å². The maximum absolute atomic E-state index is 13.0. The Morgan fingerprint density at radius 3 is 3.00 bits per heavy atom. The van der Waals surface area contributed by atoms with Crippen LogP contribution in [0, 0.1) is 5.82 Å². The first kappa shape index (κ1) is 9.76. The van der Waals surface area contributed by atoms with E-state index in [0.717, 1.165) is 13.0 Å². The largest absolute Gasteiger partial charge is 0.314 e. The second-order valence-electron chi connectivity index (χ2n) is 3.24. The Hall–Kier alpha value is -1.78. The number of aryl methyl sites for hydroxylation is 1. The minimum absolute atomic E-state index is 0.362. The third-order valence-electron chi connectivity index (χ3n) is 2.04. The Balaban J connectivity index is 2.40. The molecule has 0 N–H and O–H groups in total. The Morgan fingerprint density at radius 1 is 1.40 bits per heavy atom. The number of halogens is 1. The lowest BCUT2D eigenvalue weighted by Crippen LogP contribution is -1.98. The third kappa shape index (κ3) is 2.01. The molecule has 5 heteroatoms. The van der Waals surface area contributed by atoms with Crippen molar-refractivity contribution in [3.05, 3.63) is 30.6 Å². The van der Waals surface area contributed by atoms with E-state index in [1.165, 1.54) is 12.3 Å². The van der Waals surface area contributed by atoms with Crippen LogP contribution in [-0.4, -0.2) is 19.7 Å². The van der Waals surface area contributed by atoms with E-state index >= 15 is 0 Å². The monoisotopic (exact) mass is 206 g/mol. The number of pyridine rings is 1. The Labute approximate surface area is 86.8 Å². The van der Waals surface area contributed by atoms with E-state index in [-0.39, 0.29) is 5.82 Å². The first-order chi connectivity index (χ1) is 7.31. The SMILES string of the molecule is CCCn1cnnc1-c1cncc(F)c1. The van der Waals surface area contributed by atoms with Gasteiger partial charge in [0.15, 0.2) is 5.82 Å². The first-order valence-electron chi connectivity index (χ1n) is 4.80. The predicted octanol–water partition coefficient (Wildman–Crippen LogP) is 1.89. The number of nitrogens with zero attached hydrogens (tertiary/aromatic N) is 4. The zero-order chi connectivity index (χ0) is 10.7. The molecule has 2 rings (SSSR count). The molecule has 0 saturated carbocycles. The maximum atomic E-state index is 13.0. The summed E-state index contributed by atoms with van der Waals surface area (Å²) in [6.07, 6.45) is 5.38. The minimum Gasteiger partial charge on any atom is -0.314 e. The fourth-order valence-electron chi connectivity index (χ4n) is 1.42. The fourth-order valence-corrected chi connectivity index (χ4v) is 1.42. The summed E-state index contributed by atoms with van der Waals surface area (Å²) in [5.74, 6) is 0.294. The van der Waals surface area contributed by atoms with Gasteiger partial charge in [-0.2, -0.15) is 0 Å². The van der Waals surface area contributed by atoms with E-state index in [2.05, 4.69) is 22.1 Å². The summed E-state index contributed by atoms with van der Waals surface area (Å²) in [6, 6.07) is 1.41. The van der Waals surface area contributed by atoms with Crippen molar-refractivity contribution >= 4 is 0 Å². The van der Waals surface area contributed by atoms with Gasteiger partial charge in [-0.1, -0.05) is 6.92 Å². The molecule has 0 fully saturated rings. The zero-order valence-corrected chi connectivity index (χ0v) is 8.39. The molecule has 2 heterocycles. The summed E-state index contributed by atoms with van der Waals surface area (Å²) in [6.45, 7) is 2.88. The first-order valence-corrected chi connectivity index (χ1v) is 4.80. The highest BCUT2D eigenvalue weighted by Crippen LogP contribution is 2.16. The summed E-state index contributed by atoms with van der Waals surface area (Å²) in [5.41, 5.74) is 0.654. The standard InChI is InChI=1S/C10H11FN4/c1-2-3-15-7-13-14-10(15)8-4-9(11)6-12-5-8/h4-7H,2-3H2,1H3. The molecule has 0 saturated heterocycles. The zero-order valence-electron chi connectivity index (χ0n) is 8.39. The van der Waals surface area contributed by atoms with E-state index in [1.54, 1.807) is 12.5 Å². The van der Waals surface area contributed by atoms with Crippen LogP contribution in [0.1, 0.15) is 13.3 Å². The number of rotatable bonds is 3. The van der Waals surface area contributed by atoms with Gasteiger partial charge in [0.2, 0.25) is 0 Å². The van der Waals surface area contributed by atoms with E-state index in [9.17, 15) is 4.39 Å². The van der Waals surface area contributed by atoms with Crippen LogP contribution in [0.3, 0.4) is 0 Å². The molecular weight excluding hydrogens is 195 g/mol. The molecule has 15 heavy (non-hydrogen) atoms. The van der Waals surface area contributed by atoms with Gasteiger partial charge in [0.05, 0.1) is 6.20 Å². The molecule has 0 aliphatic carbocycles. The van der Waals surface area contributed by atoms with E-state index < -0.39 is 0 Å². The fraction of sp³-hybridized carbons (Fsp3) is 0.300. The molecular formula is C10H11FN4. The maximum Gasteiger partial charge on any atom is 0.165 e. The molecule has 2 aromatic rings. The van der Waals surface area contributed by atoms with Crippen molar-refractivity contribution in [2.75, 3.05) is 0 Å². The van der Waals surface area contributed by atoms with Gasteiger partial charge in [-0.15, -0.1) is 10.2 Å². The van der Waals surface area contributed by atoms with Crippen LogP contribution in [0.25, 0.3) is 11.4 Å². The van der Waals surface area contributed by atoms with Crippen molar-refractivity contribution in [3.8, 4) is 11.4 Å². The molecule has 0 atom stereocenters. The quantitative estimate of drug-likeness (QED) is 0.770.